The van der Waals surface area contributed by atoms with Gasteiger partial charge >= 0.3 is 0 Å². The zero-order valence-electron chi connectivity index (χ0n) is 15.2. The van der Waals surface area contributed by atoms with Gasteiger partial charge in [-0.2, -0.15) is 10.1 Å². The van der Waals surface area contributed by atoms with Gasteiger partial charge in [0.05, 0.1) is 0 Å². The van der Waals surface area contributed by atoms with Crippen molar-refractivity contribution >= 4 is 51.3 Å². The summed E-state index contributed by atoms with van der Waals surface area (Å²) < 4.78 is 2.54. The second kappa shape index (κ2) is 8.33. The predicted molar refractivity (Wildman–Crippen MR) is 111 cm³/mol. The van der Waals surface area contributed by atoms with Gasteiger partial charge in [0.25, 0.3) is 5.78 Å². The highest BCUT2D eigenvalue weighted by Gasteiger charge is 2.14. The Kier molecular flexibility index (Phi) is 5.64. The molecule has 4 aromatic heterocycles. The summed E-state index contributed by atoms with van der Waals surface area (Å²) in [7, 11) is 0. The molecule has 0 atom stereocenters. The molecule has 144 valence electrons. The third kappa shape index (κ3) is 4.21. The van der Waals surface area contributed by atoms with E-state index in [1.165, 1.54) is 22.5 Å². The number of thiophene rings is 1. The highest BCUT2D eigenvalue weighted by atomic mass is 32.2. The summed E-state index contributed by atoms with van der Waals surface area (Å²) in [6.45, 7) is 3.89. The molecule has 0 saturated carbocycles. The lowest BCUT2D eigenvalue weighted by molar-refractivity contribution is -0.116. The van der Waals surface area contributed by atoms with Crippen molar-refractivity contribution in [1.82, 2.24) is 29.8 Å². The summed E-state index contributed by atoms with van der Waals surface area (Å²) in [5.41, 5.74) is 2.84. The fourth-order valence-corrected chi connectivity index (χ4v) is 5.33. The fraction of sp³-hybridized carbons (Fsp3) is 0.294. The molecule has 0 bridgehead atoms. The molecule has 0 aliphatic heterocycles. The van der Waals surface area contributed by atoms with Gasteiger partial charge in [-0.3, -0.25) is 4.79 Å². The number of aryl methyl sites for hydroxylation is 2. The molecule has 0 aliphatic carbocycles. The smallest absolute Gasteiger partial charge is 0.252 e. The molecule has 11 heteroatoms. The summed E-state index contributed by atoms with van der Waals surface area (Å²) in [5, 5.41) is 17.8. The number of anilines is 1. The first-order valence-corrected chi connectivity index (χ1v) is 11.2. The first-order chi connectivity index (χ1) is 13.6. The Morgan fingerprint density at radius 1 is 1.32 bits per heavy atom. The van der Waals surface area contributed by atoms with Crippen molar-refractivity contribution in [3.05, 3.63) is 45.7 Å². The number of amides is 1. The second-order valence-electron chi connectivity index (χ2n) is 6.02. The molecule has 0 aliphatic rings. The summed E-state index contributed by atoms with van der Waals surface area (Å²) >= 11 is 4.73. The van der Waals surface area contributed by atoms with Gasteiger partial charge in [0, 0.05) is 28.4 Å². The average Bonchev–Trinajstić information content (AvgIpc) is 3.41. The van der Waals surface area contributed by atoms with Crippen molar-refractivity contribution in [3.8, 4) is 0 Å². The summed E-state index contributed by atoms with van der Waals surface area (Å²) in [6, 6.07) is 4.13. The number of rotatable bonds is 7. The summed E-state index contributed by atoms with van der Waals surface area (Å²) in [6.07, 6.45) is 2.39. The van der Waals surface area contributed by atoms with Crippen LogP contribution < -0.4 is 5.32 Å². The fourth-order valence-electron chi connectivity index (χ4n) is 2.78. The molecule has 1 amide bonds. The van der Waals surface area contributed by atoms with Crippen molar-refractivity contribution in [3.63, 3.8) is 0 Å². The van der Waals surface area contributed by atoms with Crippen molar-refractivity contribution in [1.29, 1.82) is 0 Å². The van der Waals surface area contributed by atoms with E-state index in [9.17, 15) is 4.79 Å². The van der Waals surface area contributed by atoms with Crippen molar-refractivity contribution in [2.45, 2.75) is 36.8 Å². The Labute approximate surface area is 173 Å². The van der Waals surface area contributed by atoms with Crippen LogP contribution in [0, 0.1) is 13.8 Å². The van der Waals surface area contributed by atoms with Crippen LogP contribution in [0.5, 0.6) is 0 Å². The highest BCUT2D eigenvalue weighted by Crippen LogP contribution is 2.29. The molecule has 8 nitrogen and oxygen atoms in total. The third-order valence-electron chi connectivity index (χ3n) is 4.16. The van der Waals surface area contributed by atoms with Crippen LogP contribution in [-0.2, 0) is 17.0 Å². The minimum absolute atomic E-state index is 0.0940. The van der Waals surface area contributed by atoms with Gasteiger partial charge in [-0.15, -0.1) is 21.5 Å². The summed E-state index contributed by atoms with van der Waals surface area (Å²) in [5.74, 6) is 1.34. The molecule has 4 aromatic rings. The van der Waals surface area contributed by atoms with Crippen LogP contribution >= 0.6 is 34.4 Å². The number of nitrogens with one attached hydrogen (secondary N) is 1. The molecule has 0 fully saturated rings. The maximum absolute atomic E-state index is 12.3. The monoisotopic (exact) mass is 431 g/mol. The van der Waals surface area contributed by atoms with E-state index in [1.807, 2.05) is 19.9 Å². The Bertz CT molecular complexity index is 1100. The van der Waals surface area contributed by atoms with E-state index in [2.05, 4.69) is 42.0 Å². The Balaban J connectivity index is 1.34. The number of aromatic nitrogens is 6. The van der Waals surface area contributed by atoms with Gasteiger partial charge in [-0.1, -0.05) is 29.2 Å². The lowest BCUT2D eigenvalue weighted by Gasteiger charge is -2.09. The first kappa shape index (κ1) is 19.0. The molecular weight excluding hydrogens is 414 g/mol. The Morgan fingerprint density at radius 2 is 2.21 bits per heavy atom. The highest BCUT2D eigenvalue weighted by molar-refractivity contribution is 8.00. The molecular formula is C17H17N7OS3. The van der Waals surface area contributed by atoms with Crippen LogP contribution in [0.25, 0.3) is 5.78 Å². The van der Waals surface area contributed by atoms with Gasteiger partial charge in [0.2, 0.25) is 11.0 Å². The molecule has 0 aromatic carbocycles. The maximum Gasteiger partial charge on any atom is 0.252 e. The number of carbonyl (C=O) groups excluding carboxylic acids is 1. The van der Waals surface area contributed by atoms with Crippen molar-refractivity contribution in [2.75, 3.05) is 5.32 Å². The molecule has 1 N–H and O–H groups in total. The topological polar surface area (TPSA) is 98.0 Å². The Hall–Kier alpha value is -2.37. The maximum atomic E-state index is 12.3. The standard InChI is InChI=1S/C17H17N7OS3/c1-10-13(11(2)24-15(20-10)18-9-19-24)5-6-14(25)21-16-22-23-17(28-16)27-8-12-4-3-7-26-12/h3-4,7,9H,5-6,8H2,1-2H3,(H,21,22,25). The zero-order valence-corrected chi connectivity index (χ0v) is 17.7. The predicted octanol–water partition coefficient (Wildman–Crippen LogP) is 3.52. The summed E-state index contributed by atoms with van der Waals surface area (Å²) in [4.78, 5) is 22.2. The van der Waals surface area contributed by atoms with E-state index in [-0.39, 0.29) is 5.91 Å². The quantitative estimate of drug-likeness (QED) is 0.353. The molecule has 0 saturated heterocycles. The van der Waals surface area contributed by atoms with Crippen LogP contribution in [0.4, 0.5) is 5.13 Å². The normalized spacial score (nSPS) is 11.2. The van der Waals surface area contributed by atoms with E-state index >= 15 is 0 Å². The van der Waals surface area contributed by atoms with Gasteiger partial charge in [-0.05, 0) is 37.3 Å². The van der Waals surface area contributed by atoms with E-state index in [4.69, 9.17) is 0 Å². The Morgan fingerprint density at radius 3 is 3.04 bits per heavy atom. The largest absolute Gasteiger partial charge is 0.300 e. The van der Waals surface area contributed by atoms with Crippen LogP contribution in [-0.4, -0.2) is 35.7 Å². The van der Waals surface area contributed by atoms with Crippen LogP contribution in [0.15, 0.2) is 28.2 Å². The number of nitrogens with zero attached hydrogens (tertiary/aromatic N) is 6. The second-order valence-corrected chi connectivity index (χ2v) is 9.25. The van der Waals surface area contributed by atoms with Crippen LogP contribution in [0.1, 0.15) is 28.2 Å². The first-order valence-electron chi connectivity index (χ1n) is 8.54. The molecule has 0 radical (unpaired) electrons. The number of carbonyl (C=O) groups is 1. The van der Waals surface area contributed by atoms with E-state index in [0.29, 0.717) is 23.8 Å². The zero-order chi connectivity index (χ0) is 19.5. The van der Waals surface area contributed by atoms with Crippen molar-refractivity contribution < 1.29 is 4.79 Å². The number of fused-ring (bicyclic) bond motifs is 1. The SMILES string of the molecule is Cc1nc2ncnn2c(C)c1CCC(=O)Nc1nnc(SCc2cccs2)s1. The van der Waals surface area contributed by atoms with Crippen LogP contribution in [0.2, 0.25) is 0 Å². The van der Waals surface area contributed by atoms with E-state index in [1.54, 1.807) is 27.6 Å². The third-order valence-corrected chi connectivity index (χ3v) is 7.24. The lowest BCUT2D eigenvalue weighted by Crippen LogP contribution is -2.14. The molecule has 0 spiro atoms. The molecule has 4 heterocycles. The number of hydrogen-bond acceptors (Lipinski definition) is 9. The molecule has 4 rings (SSSR count). The van der Waals surface area contributed by atoms with E-state index < -0.39 is 0 Å². The van der Waals surface area contributed by atoms with Crippen LogP contribution in [0.3, 0.4) is 0 Å². The van der Waals surface area contributed by atoms with Gasteiger partial charge in [0.1, 0.15) is 6.33 Å². The van der Waals surface area contributed by atoms with Crippen molar-refractivity contribution in [2.24, 2.45) is 0 Å². The van der Waals surface area contributed by atoms with Gasteiger partial charge in [0.15, 0.2) is 4.34 Å². The average molecular weight is 432 g/mol. The lowest BCUT2D eigenvalue weighted by atomic mass is 10.1. The van der Waals surface area contributed by atoms with Gasteiger partial charge in [-0.25, -0.2) is 9.50 Å². The molecule has 0 unspecified atom stereocenters. The minimum Gasteiger partial charge on any atom is -0.300 e. The van der Waals surface area contributed by atoms with Gasteiger partial charge < -0.3 is 5.32 Å². The molecule has 28 heavy (non-hydrogen) atoms. The number of hydrogen-bond donors (Lipinski definition) is 1. The number of thioether (sulfide) groups is 1. The minimum atomic E-state index is -0.0940. The van der Waals surface area contributed by atoms with E-state index in [0.717, 1.165) is 27.0 Å².